The van der Waals surface area contributed by atoms with Crippen molar-refractivity contribution < 1.29 is 19.4 Å². The van der Waals surface area contributed by atoms with E-state index >= 15 is 0 Å². The second-order valence-electron chi connectivity index (χ2n) is 6.61. The minimum Gasteiger partial charge on any atom is -0.493 e. The van der Waals surface area contributed by atoms with Crippen LogP contribution in [-0.4, -0.2) is 39.6 Å². The van der Waals surface area contributed by atoms with Crippen molar-refractivity contribution >= 4 is 51.3 Å². The van der Waals surface area contributed by atoms with Gasteiger partial charge in [-0.15, -0.1) is 10.2 Å². The first-order valence-corrected chi connectivity index (χ1v) is 11.8. The molecule has 0 unspecified atom stereocenters. The topological polar surface area (TPSA) is 86.5 Å². The van der Waals surface area contributed by atoms with Crippen LogP contribution in [0.5, 0.6) is 11.5 Å². The molecule has 0 bridgehead atoms. The lowest BCUT2D eigenvalue weighted by Gasteiger charge is -2.13. The molecule has 0 aliphatic heterocycles. The van der Waals surface area contributed by atoms with Crippen molar-refractivity contribution in [1.29, 1.82) is 0 Å². The molecule has 0 saturated heterocycles. The van der Waals surface area contributed by atoms with Crippen LogP contribution in [0.15, 0.2) is 63.6 Å². The van der Waals surface area contributed by atoms with Crippen LogP contribution in [0.4, 0.5) is 0 Å². The van der Waals surface area contributed by atoms with Gasteiger partial charge in [-0.05, 0) is 82.7 Å². The van der Waals surface area contributed by atoms with E-state index < -0.39 is 5.97 Å². The quantitative estimate of drug-likeness (QED) is 0.183. The van der Waals surface area contributed by atoms with Gasteiger partial charge in [0.05, 0.1) is 11.6 Å². The molecule has 0 amide bonds. The third-order valence-corrected chi connectivity index (χ3v) is 6.28. The van der Waals surface area contributed by atoms with Gasteiger partial charge in [0.2, 0.25) is 0 Å². The number of aliphatic carboxylic acids is 1. The number of thioether (sulfide) groups is 1. The number of rotatable bonds is 10. The molecule has 0 aliphatic carbocycles. The zero-order valence-corrected chi connectivity index (χ0v) is 21.1. The van der Waals surface area contributed by atoms with Crippen molar-refractivity contribution in [1.82, 2.24) is 14.8 Å². The second-order valence-corrected chi connectivity index (χ2v) is 8.91. The van der Waals surface area contributed by atoms with Crippen molar-refractivity contribution in [3.05, 3.63) is 69.0 Å². The summed E-state index contributed by atoms with van der Waals surface area (Å²) >= 11 is 10.5. The number of aromatic nitrogens is 3. The Hall–Kier alpha value is -2.75. The summed E-state index contributed by atoms with van der Waals surface area (Å²) in [6.07, 6.45) is 3.18. The molecular formula is C23H21BrClN3O4S. The van der Waals surface area contributed by atoms with Crippen molar-refractivity contribution in [2.24, 2.45) is 0 Å². The maximum atomic E-state index is 12.0. The standard InChI is InChI=1S/C23H21BrClN3O4S/c1-4-10-32-20-17(24)11-14(12-18(20)31-3)13-19(22(29)30)33-23-27-26-21(28(23)5-2)15-6-8-16(25)9-7-15/h4,6-9,11-13H,1,5,10H2,2-3H3,(H,29,30)/b19-13-. The number of carbonyl (C=O) groups is 1. The molecule has 10 heteroatoms. The maximum absolute atomic E-state index is 12.0. The molecule has 0 saturated carbocycles. The minimum atomic E-state index is -1.08. The molecule has 1 aromatic heterocycles. The fraction of sp³-hybridized carbons (Fsp3) is 0.174. The monoisotopic (exact) mass is 549 g/mol. The Morgan fingerprint density at radius 2 is 2.03 bits per heavy atom. The van der Waals surface area contributed by atoms with Gasteiger partial charge in [-0.3, -0.25) is 0 Å². The number of hydrogen-bond donors (Lipinski definition) is 1. The van der Waals surface area contributed by atoms with E-state index in [2.05, 4.69) is 32.7 Å². The van der Waals surface area contributed by atoms with Crippen LogP contribution in [-0.2, 0) is 11.3 Å². The predicted molar refractivity (Wildman–Crippen MR) is 134 cm³/mol. The Kier molecular flexibility index (Phi) is 8.60. The number of methoxy groups -OCH3 is 1. The summed E-state index contributed by atoms with van der Waals surface area (Å²) in [4.78, 5) is 12.1. The summed E-state index contributed by atoms with van der Waals surface area (Å²) in [7, 11) is 1.52. The van der Waals surface area contributed by atoms with E-state index in [-0.39, 0.29) is 4.91 Å². The summed E-state index contributed by atoms with van der Waals surface area (Å²) in [5.74, 6) is 0.529. The highest BCUT2D eigenvalue weighted by Gasteiger charge is 2.19. The van der Waals surface area contributed by atoms with Crippen LogP contribution in [0.25, 0.3) is 17.5 Å². The molecule has 1 heterocycles. The van der Waals surface area contributed by atoms with E-state index in [0.717, 1.165) is 17.3 Å². The Bertz CT molecular complexity index is 1200. The van der Waals surface area contributed by atoms with E-state index in [0.29, 0.717) is 50.7 Å². The van der Waals surface area contributed by atoms with Gasteiger partial charge in [-0.25, -0.2) is 4.79 Å². The van der Waals surface area contributed by atoms with E-state index in [4.69, 9.17) is 21.1 Å². The van der Waals surface area contributed by atoms with Crippen molar-refractivity contribution in [2.75, 3.05) is 13.7 Å². The summed E-state index contributed by atoms with van der Waals surface area (Å²) in [6.45, 7) is 6.46. The number of carboxylic acid groups (broad SMARTS) is 1. The normalized spacial score (nSPS) is 11.3. The Balaban J connectivity index is 1.96. The zero-order chi connectivity index (χ0) is 24.0. The van der Waals surface area contributed by atoms with Gasteiger partial charge in [0.15, 0.2) is 22.5 Å². The highest BCUT2D eigenvalue weighted by atomic mass is 79.9. The predicted octanol–water partition coefficient (Wildman–Crippen LogP) is 6.17. The Morgan fingerprint density at radius 3 is 2.64 bits per heavy atom. The lowest BCUT2D eigenvalue weighted by Crippen LogP contribution is -2.03. The van der Waals surface area contributed by atoms with Gasteiger partial charge in [0.25, 0.3) is 0 Å². The highest BCUT2D eigenvalue weighted by Crippen LogP contribution is 2.38. The fourth-order valence-electron chi connectivity index (χ4n) is 2.95. The average Bonchev–Trinajstić information content (AvgIpc) is 3.20. The number of ether oxygens (including phenoxy) is 2. The first kappa shape index (κ1) is 24.9. The lowest BCUT2D eigenvalue weighted by atomic mass is 10.2. The zero-order valence-electron chi connectivity index (χ0n) is 17.9. The number of nitrogens with zero attached hydrogens (tertiary/aromatic N) is 3. The van der Waals surface area contributed by atoms with Crippen molar-refractivity contribution in [3.63, 3.8) is 0 Å². The summed E-state index contributed by atoms with van der Waals surface area (Å²) in [5, 5.41) is 19.4. The fourth-order valence-corrected chi connectivity index (χ4v) is 4.54. The molecule has 0 spiro atoms. The number of hydrogen-bond acceptors (Lipinski definition) is 6. The van der Waals surface area contributed by atoms with Crippen LogP contribution in [0, 0.1) is 0 Å². The summed E-state index contributed by atoms with van der Waals surface area (Å²) in [6, 6.07) is 10.7. The third-order valence-electron chi connectivity index (χ3n) is 4.44. The largest absolute Gasteiger partial charge is 0.493 e. The molecule has 0 radical (unpaired) electrons. The molecule has 0 aliphatic rings. The summed E-state index contributed by atoms with van der Waals surface area (Å²) < 4.78 is 13.5. The number of benzene rings is 2. The molecular weight excluding hydrogens is 530 g/mol. The molecule has 172 valence electrons. The molecule has 0 atom stereocenters. The highest BCUT2D eigenvalue weighted by molar-refractivity contribution is 9.10. The number of carboxylic acids is 1. The maximum Gasteiger partial charge on any atom is 0.342 e. The SMILES string of the molecule is C=CCOc1c(Br)cc(/C=C(\Sc2nnc(-c3ccc(Cl)cc3)n2CC)C(=O)O)cc1OC. The Morgan fingerprint density at radius 1 is 1.30 bits per heavy atom. The van der Waals surface area contributed by atoms with Gasteiger partial charge in [0.1, 0.15) is 11.5 Å². The van der Waals surface area contributed by atoms with Crippen molar-refractivity contribution in [2.45, 2.75) is 18.6 Å². The van der Waals surface area contributed by atoms with E-state index in [1.54, 1.807) is 36.4 Å². The van der Waals surface area contributed by atoms with Gasteiger partial charge in [-0.2, -0.15) is 0 Å². The second kappa shape index (κ2) is 11.4. The summed E-state index contributed by atoms with van der Waals surface area (Å²) in [5.41, 5.74) is 1.46. The molecule has 3 aromatic rings. The van der Waals surface area contributed by atoms with E-state index in [1.807, 2.05) is 23.6 Å². The van der Waals surface area contributed by atoms with Crippen LogP contribution in [0.3, 0.4) is 0 Å². The van der Waals surface area contributed by atoms with Gasteiger partial charge in [-0.1, -0.05) is 24.3 Å². The molecule has 0 fully saturated rings. The molecule has 7 nitrogen and oxygen atoms in total. The number of halogens is 2. The van der Waals surface area contributed by atoms with E-state index in [9.17, 15) is 9.90 Å². The molecule has 3 rings (SSSR count). The molecule has 33 heavy (non-hydrogen) atoms. The Labute approximate surface area is 209 Å². The van der Waals surface area contributed by atoms with Gasteiger partial charge in [0, 0.05) is 17.1 Å². The minimum absolute atomic E-state index is 0.0773. The van der Waals surface area contributed by atoms with Crippen LogP contribution in [0.1, 0.15) is 12.5 Å². The first-order chi connectivity index (χ1) is 15.9. The van der Waals surface area contributed by atoms with Gasteiger partial charge >= 0.3 is 5.97 Å². The van der Waals surface area contributed by atoms with Crippen LogP contribution < -0.4 is 9.47 Å². The van der Waals surface area contributed by atoms with Crippen LogP contribution in [0.2, 0.25) is 5.02 Å². The van der Waals surface area contributed by atoms with E-state index in [1.165, 1.54) is 7.11 Å². The lowest BCUT2D eigenvalue weighted by molar-refractivity contribution is -0.131. The third kappa shape index (κ3) is 5.98. The molecule has 1 N–H and O–H groups in total. The van der Waals surface area contributed by atoms with Crippen molar-refractivity contribution in [3.8, 4) is 22.9 Å². The molecule has 2 aromatic carbocycles. The average molecular weight is 551 g/mol. The first-order valence-electron chi connectivity index (χ1n) is 9.81. The van der Waals surface area contributed by atoms with Gasteiger partial charge < -0.3 is 19.1 Å². The van der Waals surface area contributed by atoms with Crippen LogP contribution >= 0.6 is 39.3 Å². The smallest absolute Gasteiger partial charge is 0.342 e.